The van der Waals surface area contributed by atoms with Crippen molar-refractivity contribution in [2.75, 3.05) is 46.0 Å². The Labute approximate surface area is 210 Å². The van der Waals surface area contributed by atoms with Crippen LogP contribution in [0.25, 0.3) is 5.76 Å². The van der Waals surface area contributed by atoms with E-state index < -0.39 is 23.5 Å². The second-order valence-corrected chi connectivity index (χ2v) is 8.93. The van der Waals surface area contributed by atoms with Crippen LogP contribution in [0.5, 0.6) is 5.75 Å². The van der Waals surface area contributed by atoms with Gasteiger partial charge in [0, 0.05) is 31.7 Å². The molecule has 7 nitrogen and oxygen atoms in total. The molecule has 190 valence electrons. The van der Waals surface area contributed by atoms with E-state index in [1.165, 1.54) is 17.0 Å². The Kier molecular flexibility index (Phi) is 8.18. The molecule has 2 heterocycles. The Bertz CT molecular complexity index is 1160. The number of amides is 1. The number of ether oxygens (including phenoxy) is 2. The third-order valence-corrected chi connectivity index (χ3v) is 6.52. The molecule has 0 radical (unpaired) electrons. The van der Waals surface area contributed by atoms with Gasteiger partial charge in [0.15, 0.2) is 0 Å². The molecular weight excluding hydrogens is 463 g/mol. The third-order valence-electron chi connectivity index (χ3n) is 6.52. The molecule has 0 spiro atoms. The van der Waals surface area contributed by atoms with E-state index in [0.717, 1.165) is 19.6 Å². The molecule has 4 rings (SSSR count). The van der Waals surface area contributed by atoms with Gasteiger partial charge in [-0.25, -0.2) is 4.39 Å². The maximum absolute atomic E-state index is 13.7. The molecule has 36 heavy (non-hydrogen) atoms. The van der Waals surface area contributed by atoms with Crippen molar-refractivity contribution in [1.29, 1.82) is 0 Å². The SMILES string of the molecule is C=CCOc1ccc(/C(O)=C2/C(=O)C(=O)N(CCCN3CCOCC3)C2c2ccc(F)cc2)c(C)c1. The standard InChI is InChI=1S/C28H31FN2O5/c1-3-15-36-22-9-10-23(19(2)18-22)26(32)24-25(20-5-7-21(29)8-6-20)31(28(34)27(24)33)12-4-11-30-13-16-35-17-14-30/h3,5-10,18,25,32H,1,4,11-17H2,2H3/b26-24-. The summed E-state index contributed by atoms with van der Waals surface area (Å²) in [4.78, 5) is 30.1. The average Bonchev–Trinajstić information content (AvgIpc) is 3.13. The van der Waals surface area contributed by atoms with Crippen LogP contribution in [0.2, 0.25) is 0 Å². The minimum atomic E-state index is -0.814. The maximum atomic E-state index is 13.7. The fourth-order valence-electron chi connectivity index (χ4n) is 4.68. The van der Waals surface area contributed by atoms with E-state index in [0.29, 0.717) is 55.2 Å². The van der Waals surface area contributed by atoms with Crippen LogP contribution in [0.1, 0.15) is 29.2 Å². The van der Waals surface area contributed by atoms with Gasteiger partial charge in [-0.3, -0.25) is 14.5 Å². The number of morpholine rings is 1. The molecule has 0 aromatic heterocycles. The van der Waals surface area contributed by atoms with Gasteiger partial charge in [-0.1, -0.05) is 24.8 Å². The molecule has 2 aromatic rings. The zero-order valence-corrected chi connectivity index (χ0v) is 20.4. The Balaban J connectivity index is 1.67. The third kappa shape index (κ3) is 5.50. The average molecular weight is 495 g/mol. The van der Waals surface area contributed by atoms with Crippen molar-refractivity contribution < 1.29 is 28.6 Å². The van der Waals surface area contributed by atoms with Crippen LogP contribution in [0.4, 0.5) is 4.39 Å². The fraction of sp³-hybridized carbons (Fsp3) is 0.357. The molecule has 2 aliphatic rings. The zero-order valence-electron chi connectivity index (χ0n) is 20.4. The van der Waals surface area contributed by atoms with E-state index >= 15 is 0 Å². The Morgan fingerprint density at radius 1 is 1.17 bits per heavy atom. The van der Waals surface area contributed by atoms with Gasteiger partial charge in [0.25, 0.3) is 11.7 Å². The summed E-state index contributed by atoms with van der Waals surface area (Å²) in [6.45, 7) is 9.85. The number of nitrogens with zero attached hydrogens (tertiary/aromatic N) is 2. The molecule has 1 atom stereocenters. The van der Waals surface area contributed by atoms with Gasteiger partial charge < -0.3 is 19.5 Å². The number of hydrogen-bond acceptors (Lipinski definition) is 6. The molecule has 2 saturated heterocycles. The highest BCUT2D eigenvalue weighted by Gasteiger charge is 2.46. The highest BCUT2D eigenvalue weighted by atomic mass is 19.1. The second-order valence-electron chi connectivity index (χ2n) is 8.93. The Morgan fingerprint density at radius 3 is 2.56 bits per heavy atom. The largest absolute Gasteiger partial charge is 0.507 e. The first-order valence-corrected chi connectivity index (χ1v) is 12.1. The lowest BCUT2D eigenvalue weighted by Crippen LogP contribution is -2.38. The first kappa shape index (κ1) is 25.6. The molecule has 1 unspecified atom stereocenters. The summed E-state index contributed by atoms with van der Waals surface area (Å²) in [7, 11) is 0. The van der Waals surface area contributed by atoms with Crippen molar-refractivity contribution in [3.63, 3.8) is 0 Å². The smallest absolute Gasteiger partial charge is 0.295 e. The molecule has 0 aliphatic carbocycles. The Morgan fingerprint density at radius 2 is 1.89 bits per heavy atom. The summed E-state index contributed by atoms with van der Waals surface area (Å²) >= 11 is 0. The van der Waals surface area contributed by atoms with Gasteiger partial charge in [-0.05, 0) is 54.8 Å². The van der Waals surface area contributed by atoms with E-state index in [2.05, 4.69) is 11.5 Å². The first-order chi connectivity index (χ1) is 17.4. The van der Waals surface area contributed by atoms with Crippen molar-refractivity contribution in [3.05, 3.63) is 83.2 Å². The lowest BCUT2D eigenvalue weighted by atomic mass is 9.94. The predicted molar refractivity (Wildman–Crippen MR) is 134 cm³/mol. The molecule has 2 aromatic carbocycles. The highest BCUT2D eigenvalue weighted by molar-refractivity contribution is 6.46. The number of carbonyl (C=O) groups is 2. The van der Waals surface area contributed by atoms with Crippen LogP contribution in [-0.4, -0.2) is 72.6 Å². The summed E-state index contributed by atoms with van der Waals surface area (Å²) in [6.07, 6.45) is 2.28. The number of aryl methyl sites for hydroxylation is 1. The summed E-state index contributed by atoms with van der Waals surface area (Å²) < 4.78 is 24.6. The van der Waals surface area contributed by atoms with Crippen LogP contribution in [0, 0.1) is 12.7 Å². The van der Waals surface area contributed by atoms with Crippen molar-refractivity contribution in [2.24, 2.45) is 0 Å². The Hall–Kier alpha value is -3.49. The van der Waals surface area contributed by atoms with Gasteiger partial charge in [-0.15, -0.1) is 0 Å². The quantitative estimate of drug-likeness (QED) is 0.247. The van der Waals surface area contributed by atoms with Gasteiger partial charge in [-0.2, -0.15) is 0 Å². The number of carbonyl (C=O) groups excluding carboxylic acids is 2. The van der Waals surface area contributed by atoms with Crippen LogP contribution in [-0.2, 0) is 14.3 Å². The molecule has 0 bridgehead atoms. The summed E-state index contributed by atoms with van der Waals surface area (Å²) in [5, 5.41) is 11.3. The highest BCUT2D eigenvalue weighted by Crippen LogP contribution is 2.40. The lowest BCUT2D eigenvalue weighted by molar-refractivity contribution is -0.140. The molecule has 2 fully saturated rings. The minimum Gasteiger partial charge on any atom is -0.507 e. The fourth-order valence-corrected chi connectivity index (χ4v) is 4.68. The number of rotatable bonds is 9. The first-order valence-electron chi connectivity index (χ1n) is 12.1. The predicted octanol–water partition coefficient (Wildman–Crippen LogP) is 3.84. The topological polar surface area (TPSA) is 79.3 Å². The molecule has 0 saturated carbocycles. The number of halogens is 1. The van der Waals surface area contributed by atoms with E-state index in [1.54, 1.807) is 43.3 Å². The summed E-state index contributed by atoms with van der Waals surface area (Å²) in [5.74, 6) is -1.50. The van der Waals surface area contributed by atoms with E-state index in [-0.39, 0.29) is 11.3 Å². The lowest BCUT2D eigenvalue weighted by Gasteiger charge is -2.29. The van der Waals surface area contributed by atoms with Gasteiger partial charge in [0.2, 0.25) is 0 Å². The number of likely N-dealkylation sites (tertiary alicyclic amines) is 1. The molecule has 8 heteroatoms. The number of Topliss-reactive ketones (excluding diaryl/α,β-unsaturated/α-hetero) is 1. The maximum Gasteiger partial charge on any atom is 0.295 e. The van der Waals surface area contributed by atoms with Crippen LogP contribution in [0.15, 0.2) is 60.7 Å². The summed E-state index contributed by atoms with van der Waals surface area (Å²) in [5.41, 5.74) is 1.68. The number of benzene rings is 2. The molecule has 2 aliphatic heterocycles. The number of aliphatic hydroxyl groups excluding tert-OH is 1. The molecular formula is C28H31FN2O5. The van der Waals surface area contributed by atoms with Gasteiger partial charge >= 0.3 is 0 Å². The number of aliphatic hydroxyl groups is 1. The van der Waals surface area contributed by atoms with E-state index in [1.807, 2.05) is 0 Å². The normalized spacial score (nSPS) is 20.1. The number of hydrogen-bond donors (Lipinski definition) is 1. The van der Waals surface area contributed by atoms with Crippen LogP contribution in [0.3, 0.4) is 0 Å². The monoisotopic (exact) mass is 494 g/mol. The molecule has 1 N–H and O–H groups in total. The van der Waals surface area contributed by atoms with Crippen molar-refractivity contribution in [1.82, 2.24) is 9.80 Å². The van der Waals surface area contributed by atoms with Crippen LogP contribution < -0.4 is 4.74 Å². The van der Waals surface area contributed by atoms with Crippen molar-refractivity contribution >= 4 is 17.4 Å². The van der Waals surface area contributed by atoms with Gasteiger partial charge in [0.05, 0.1) is 24.8 Å². The summed E-state index contributed by atoms with van der Waals surface area (Å²) in [6, 6.07) is 9.98. The zero-order chi connectivity index (χ0) is 25.7. The minimum absolute atomic E-state index is 0.000778. The van der Waals surface area contributed by atoms with E-state index in [9.17, 15) is 19.1 Å². The van der Waals surface area contributed by atoms with Crippen molar-refractivity contribution in [2.45, 2.75) is 19.4 Å². The second kappa shape index (κ2) is 11.5. The molecule has 1 amide bonds. The number of ketones is 1. The van der Waals surface area contributed by atoms with Crippen LogP contribution >= 0.6 is 0 Å². The van der Waals surface area contributed by atoms with Gasteiger partial charge in [0.1, 0.15) is 23.9 Å². The van der Waals surface area contributed by atoms with E-state index in [4.69, 9.17) is 9.47 Å². The van der Waals surface area contributed by atoms with Crippen molar-refractivity contribution in [3.8, 4) is 5.75 Å².